The second kappa shape index (κ2) is 11.3. The van der Waals surface area contributed by atoms with E-state index in [0.717, 1.165) is 15.7 Å². The van der Waals surface area contributed by atoms with Gasteiger partial charge in [0, 0.05) is 36.2 Å². The van der Waals surface area contributed by atoms with Crippen molar-refractivity contribution in [1.82, 2.24) is 10.2 Å². The van der Waals surface area contributed by atoms with Gasteiger partial charge in [-0.25, -0.2) is 0 Å². The van der Waals surface area contributed by atoms with E-state index in [2.05, 4.69) is 26.6 Å². The zero-order valence-electron chi connectivity index (χ0n) is 15.3. The second-order valence-electron chi connectivity index (χ2n) is 6.09. The van der Waals surface area contributed by atoms with Crippen molar-refractivity contribution in [2.75, 3.05) is 49.7 Å². The number of anilines is 1. The Hall–Kier alpha value is -1.58. The fourth-order valence-corrected chi connectivity index (χ4v) is 3.55. The molecular formula is C18H24BrN3O4S. The highest BCUT2D eigenvalue weighted by Gasteiger charge is 2.17. The predicted octanol–water partition coefficient (Wildman–Crippen LogP) is 1.79. The van der Waals surface area contributed by atoms with Crippen molar-refractivity contribution < 1.29 is 19.1 Å². The van der Waals surface area contributed by atoms with E-state index < -0.39 is 0 Å². The van der Waals surface area contributed by atoms with Gasteiger partial charge in [-0.1, -0.05) is 22.0 Å². The molecule has 0 radical (unpaired) electrons. The van der Waals surface area contributed by atoms with Gasteiger partial charge in [0.25, 0.3) is 0 Å². The van der Waals surface area contributed by atoms with E-state index in [4.69, 9.17) is 4.74 Å². The first kappa shape index (κ1) is 21.7. The van der Waals surface area contributed by atoms with Gasteiger partial charge in [0.15, 0.2) is 0 Å². The van der Waals surface area contributed by atoms with Gasteiger partial charge in [-0.3, -0.25) is 14.4 Å². The summed E-state index contributed by atoms with van der Waals surface area (Å²) in [6.07, 6.45) is 0.190. The number of benzene rings is 1. The number of thioether (sulfide) groups is 1. The minimum atomic E-state index is -0.179. The molecule has 2 N–H and O–H groups in total. The molecule has 7 nitrogen and oxygen atoms in total. The van der Waals surface area contributed by atoms with E-state index in [9.17, 15) is 14.4 Å². The van der Waals surface area contributed by atoms with Crippen LogP contribution in [0.25, 0.3) is 0 Å². The maximum absolute atomic E-state index is 12.0. The molecule has 0 aromatic heterocycles. The van der Waals surface area contributed by atoms with Crippen LogP contribution < -0.4 is 10.6 Å². The molecule has 0 unspecified atom stereocenters. The quantitative estimate of drug-likeness (QED) is 0.621. The molecule has 1 aliphatic heterocycles. The summed E-state index contributed by atoms with van der Waals surface area (Å²) in [5.74, 6) is 0.158. The average Bonchev–Trinajstić information content (AvgIpc) is 2.65. The third kappa shape index (κ3) is 7.90. The first-order valence-corrected chi connectivity index (χ1v) is 10.7. The van der Waals surface area contributed by atoms with E-state index in [1.165, 1.54) is 11.8 Å². The summed E-state index contributed by atoms with van der Waals surface area (Å²) in [5, 5.41) is 5.54. The van der Waals surface area contributed by atoms with Gasteiger partial charge in [0.05, 0.1) is 24.7 Å². The Morgan fingerprint density at radius 3 is 2.67 bits per heavy atom. The maximum Gasteiger partial charge on any atom is 0.232 e. The molecule has 148 valence electrons. The van der Waals surface area contributed by atoms with Gasteiger partial charge in [-0.15, -0.1) is 11.8 Å². The zero-order chi connectivity index (χ0) is 19.6. The number of nitrogens with one attached hydrogen (secondary N) is 2. The minimum Gasteiger partial charge on any atom is -0.378 e. The monoisotopic (exact) mass is 457 g/mol. The molecule has 2 rings (SSSR count). The van der Waals surface area contributed by atoms with Crippen LogP contribution in [0.4, 0.5) is 5.69 Å². The molecule has 27 heavy (non-hydrogen) atoms. The SMILES string of the molecule is Cc1ccc(Br)cc1NC(=O)CCNC(=O)CSCC(=O)N1CCOCC1. The lowest BCUT2D eigenvalue weighted by atomic mass is 10.2. The van der Waals surface area contributed by atoms with Crippen molar-refractivity contribution in [3.63, 3.8) is 0 Å². The summed E-state index contributed by atoms with van der Waals surface area (Å²) >= 11 is 4.65. The Labute approximate surface area is 171 Å². The van der Waals surface area contributed by atoms with Crippen LogP contribution in [0.15, 0.2) is 22.7 Å². The van der Waals surface area contributed by atoms with E-state index >= 15 is 0 Å². The molecule has 1 saturated heterocycles. The number of ether oxygens (including phenoxy) is 1. The number of morpholine rings is 1. The number of hydrogen-bond donors (Lipinski definition) is 2. The van der Waals surface area contributed by atoms with Gasteiger partial charge in [-0.05, 0) is 24.6 Å². The van der Waals surface area contributed by atoms with Crippen molar-refractivity contribution in [3.05, 3.63) is 28.2 Å². The summed E-state index contributed by atoms with van der Waals surface area (Å²) in [6, 6.07) is 5.66. The van der Waals surface area contributed by atoms with Gasteiger partial charge < -0.3 is 20.3 Å². The van der Waals surface area contributed by atoms with Crippen LogP contribution in [-0.4, -0.2) is 67.0 Å². The average molecular weight is 458 g/mol. The summed E-state index contributed by atoms with van der Waals surface area (Å²) in [6.45, 7) is 4.53. The van der Waals surface area contributed by atoms with E-state index in [1.54, 1.807) is 4.90 Å². The number of carbonyl (C=O) groups excluding carboxylic acids is 3. The molecule has 0 saturated carbocycles. The molecule has 3 amide bonds. The predicted molar refractivity (Wildman–Crippen MR) is 110 cm³/mol. The summed E-state index contributed by atoms with van der Waals surface area (Å²) in [7, 11) is 0. The van der Waals surface area contributed by atoms with Crippen molar-refractivity contribution in [2.45, 2.75) is 13.3 Å². The number of carbonyl (C=O) groups is 3. The molecule has 0 aliphatic carbocycles. The third-order valence-electron chi connectivity index (χ3n) is 3.97. The number of rotatable bonds is 8. The van der Waals surface area contributed by atoms with Crippen LogP contribution >= 0.6 is 27.7 Å². The number of aryl methyl sites for hydroxylation is 1. The molecule has 1 aromatic carbocycles. The molecule has 1 heterocycles. The fourth-order valence-electron chi connectivity index (χ4n) is 2.44. The third-order valence-corrected chi connectivity index (χ3v) is 5.38. The van der Waals surface area contributed by atoms with E-state index in [1.807, 2.05) is 25.1 Å². The standard InChI is InChI=1S/C18H24BrN3O4S/c1-13-2-3-14(19)10-15(13)21-16(23)4-5-20-17(24)11-27-12-18(25)22-6-8-26-9-7-22/h2-3,10H,4-9,11-12H2,1H3,(H,20,24)(H,21,23). The lowest BCUT2D eigenvalue weighted by molar-refractivity contribution is -0.132. The van der Waals surface area contributed by atoms with Crippen molar-refractivity contribution in [1.29, 1.82) is 0 Å². The Morgan fingerprint density at radius 2 is 1.93 bits per heavy atom. The minimum absolute atomic E-state index is 0.0277. The molecule has 1 aliphatic rings. The largest absolute Gasteiger partial charge is 0.378 e. The number of nitrogens with zero attached hydrogens (tertiary/aromatic N) is 1. The Bertz CT molecular complexity index is 681. The number of amides is 3. The van der Waals surface area contributed by atoms with Crippen LogP contribution in [0.5, 0.6) is 0 Å². The highest BCUT2D eigenvalue weighted by Crippen LogP contribution is 2.20. The van der Waals surface area contributed by atoms with Gasteiger partial charge in [0.1, 0.15) is 0 Å². The molecule has 0 atom stereocenters. The van der Waals surface area contributed by atoms with Crippen molar-refractivity contribution in [3.8, 4) is 0 Å². The summed E-state index contributed by atoms with van der Waals surface area (Å²) in [4.78, 5) is 37.5. The van der Waals surface area contributed by atoms with Crippen LogP contribution in [-0.2, 0) is 19.1 Å². The fraction of sp³-hybridized carbons (Fsp3) is 0.500. The van der Waals surface area contributed by atoms with Crippen LogP contribution in [0.3, 0.4) is 0 Å². The smallest absolute Gasteiger partial charge is 0.232 e. The molecule has 0 bridgehead atoms. The topological polar surface area (TPSA) is 87.7 Å². The van der Waals surface area contributed by atoms with Crippen LogP contribution in [0.1, 0.15) is 12.0 Å². The second-order valence-corrected chi connectivity index (χ2v) is 7.99. The number of hydrogen-bond acceptors (Lipinski definition) is 5. The molecule has 0 spiro atoms. The number of halogens is 1. The Morgan fingerprint density at radius 1 is 1.19 bits per heavy atom. The van der Waals surface area contributed by atoms with Gasteiger partial charge >= 0.3 is 0 Å². The van der Waals surface area contributed by atoms with Gasteiger partial charge in [0.2, 0.25) is 17.7 Å². The lowest BCUT2D eigenvalue weighted by Crippen LogP contribution is -2.41. The molecule has 9 heteroatoms. The summed E-state index contributed by atoms with van der Waals surface area (Å²) in [5.41, 5.74) is 1.72. The molecule has 1 fully saturated rings. The molecular weight excluding hydrogens is 434 g/mol. The Kier molecular flexibility index (Phi) is 9.09. The van der Waals surface area contributed by atoms with Crippen molar-refractivity contribution >= 4 is 51.1 Å². The van der Waals surface area contributed by atoms with Crippen molar-refractivity contribution in [2.24, 2.45) is 0 Å². The lowest BCUT2D eigenvalue weighted by Gasteiger charge is -2.26. The maximum atomic E-state index is 12.0. The first-order valence-electron chi connectivity index (χ1n) is 8.71. The molecule has 1 aromatic rings. The Balaban J connectivity index is 1.59. The normalized spacial score (nSPS) is 13.9. The van der Waals surface area contributed by atoms with E-state index in [0.29, 0.717) is 26.3 Å². The zero-order valence-corrected chi connectivity index (χ0v) is 17.7. The first-order chi connectivity index (χ1) is 13.0. The highest BCUT2D eigenvalue weighted by molar-refractivity contribution is 9.10. The van der Waals surface area contributed by atoms with E-state index in [-0.39, 0.29) is 42.2 Å². The van der Waals surface area contributed by atoms with Crippen LogP contribution in [0.2, 0.25) is 0 Å². The van der Waals surface area contributed by atoms with Crippen LogP contribution in [0, 0.1) is 6.92 Å². The highest BCUT2D eigenvalue weighted by atomic mass is 79.9. The summed E-state index contributed by atoms with van der Waals surface area (Å²) < 4.78 is 6.10. The van der Waals surface area contributed by atoms with Gasteiger partial charge in [-0.2, -0.15) is 0 Å².